The van der Waals surface area contributed by atoms with Crippen molar-refractivity contribution >= 4 is 39.8 Å². The second kappa shape index (κ2) is 6.15. The number of halogens is 1. The zero-order valence-electron chi connectivity index (χ0n) is 12.7. The lowest BCUT2D eigenvalue weighted by atomic mass is 10.1. The fourth-order valence-electron chi connectivity index (χ4n) is 2.54. The molecule has 23 heavy (non-hydrogen) atoms. The molecule has 0 aliphatic carbocycles. The molecule has 0 saturated heterocycles. The SMILES string of the molecule is Cc1nc2cc(=O)[nH]n2c(C)c1CC(=O)Nc1cccc(I)c1. The van der Waals surface area contributed by atoms with E-state index in [9.17, 15) is 9.59 Å². The lowest BCUT2D eigenvalue weighted by Gasteiger charge is -2.12. The summed E-state index contributed by atoms with van der Waals surface area (Å²) in [4.78, 5) is 28.2. The van der Waals surface area contributed by atoms with E-state index in [2.05, 4.69) is 38.0 Å². The van der Waals surface area contributed by atoms with Crippen molar-refractivity contribution in [3.63, 3.8) is 0 Å². The van der Waals surface area contributed by atoms with Crippen LogP contribution in [-0.4, -0.2) is 20.5 Å². The first kappa shape index (κ1) is 15.7. The number of anilines is 1. The topological polar surface area (TPSA) is 79.3 Å². The Labute approximate surface area is 146 Å². The van der Waals surface area contributed by atoms with E-state index in [4.69, 9.17) is 0 Å². The van der Waals surface area contributed by atoms with Gasteiger partial charge in [0, 0.05) is 32.3 Å². The van der Waals surface area contributed by atoms with Gasteiger partial charge in [0.25, 0.3) is 5.56 Å². The number of hydrogen-bond acceptors (Lipinski definition) is 3. The van der Waals surface area contributed by atoms with Crippen molar-refractivity contribution in [1.29, 1.82) is 0 Å². The number of nitrogens with zero attached hydrogens (tertiary/aromatic N) is 2. The van der Waals surface area contributed by atoms with E-state index in [0.717, 1.165) is 26.2 Å². The Kier molecular flexibility index (Phi) is 4.20. The number of aromatic nitrogens is 3. The smallest absolute Gasteiger partial charge is 0.266 e. The molecular formula is C16H15IN4O2. The average Bonchev–Trinajstić information content (AvgIpc) is 2.84. The lowest BCUT2D eigenvalue weighted by Crippen LogP contribution is -2.18. The molecule has 0 fully saturated rings. The van der Waals surface area contributed by atoms with Crippen LogP contribution in [0.5, 0.6) is 0 Å². The largest absolute Gasteiger partial charge is 0.326 e. The molecule has 0 unspecified atom stereocenters. The number of benzene rings is 1. The number of nitrogens with one attached hydrogen (secondary N) is 2. The molecule has 2 heterocycles. The Hall–Kier alpha value is -2.16. The van der Waals surface area contributed by atoms with Crippen LogP contribution in [-0.2, 0) is 11.2 Å². The number of H-pyrrole nitrogens is 1. The monoisotopic (exact) mass is 422 g/mol. The minimum atomic E-state index is -0.208. The molecule has 2 aromatic heterocycles. The summed E-state index contributed by atoms with van der Waals surface area (Å²) in [6.07, 6.45) is 0.201. The predicted octanol–water partition coefficient (Wildman–Crippen LogP) is 2.43. The summed E-state index contributed by atoms with van der Waals surface area (Å²) in [6, 6.07) is 9.06. The van der Waals surface area contributed by atoms with Gasteiger partial charge in [0.15, 0.2) is 5.65 Å². The van der Waals surface area contributed by atoms with Crippen LogP contribution in [0.1, 0.15) is 17.0 Å². The Morgan fingerprint density at radius 3 is 2.87 bits per heavy atom. The molecule has 0 bridgehead atoms. The van der Waals surface area contributed by atoms with Gasteiger partial charge in [-0.3, -0.25) is 14.7 Å². The van der Waals surface area contributed by atoms with Gasteiger partial charge in [-0.15, -0.1) is 0 Å². The summed E-state index contributed by atoms with van der Waals surface area (Å²) in [6.45, 7) is 3.71. The Morgan fingerprint density at radius 2 is 2.13 bits per heavy atom. The van der Waals surface area contributed by atoms with Crippen LogP contribution in [0.15, 0.2) is 35.1 Å². The Balaban J connectivity index is 1.88. The molecule has 1 amide bonds. The van der Waals surface area contributed by atoms with Gasteiger partial charge >= 0.3 is 0 Å². The third-order valence-corrected chi connectivity index (χ3v) is 4.32. The van der Waals surface area contributed by atoms with Crippen LogP contribution in [0.25, 0.3) is 5.65 Å². The second-order valence-corrected chi connectivity index (χ2v) is 6.56. The normalized spacial score (nSPS) is 10.9. The highest BCUT2D eigenvalue weighted by Gasteiger charge is 2.14. The maximum atomic E-state index is 12.3. The third kappa shape index (κ3) is 3.29. The fourth-order valence-corrected chi connectivity index (χ4v) is 3.09. The van der Waals surface area contributed by atoms with Crippen molar-refractivity contribution in [3.8, 4) is 0 Å². The number of aromatic amines is 1. The van der Waals surface area contributed by atoms with Crippen LogP contribution in [0, 0.1) is 17.4 Å². The van der Waals surface area contributed by atoms with E-state index in [-0.39, 0.29) is 17.9 Å². The molecule has 0 saturated carbocycles. The van der Waals surface area contributed by atoms with Crippen molar-refractivity contribution < 1.29 is 4.79 Å². The molecule has 3 aromatic rings. The Bertz CT molecular complexity index is 958. The lowest BCUT2D eigenvalue weighted by molar-refractivity contribution is -0.115. The van der Waals surface area contributed by atoms with Crippen LogP contribution in [0.3, 0.4) is 0 Å². The van der Waals surface area contributed by atoms with Crippen LogP contribution in [0.2, 0.25) is 0 Å². The number of carbonyl (C=O) groups is 1. The summed E-state index contributed by atoms with van der Waals surface area (Å²) in [5.74, 6) is -0.117. The summed E-state index contributed by atoms with van der Waals surface area (Å²) in [7, 11) is 0. The van der Waals surface area contributed by atoms with Crippen LogP contribution >= 0.6 is 22.6 Å². The van der Waals surface area contributed by atoms with Gasteiger partial charge < -0.3 is 5.32 Å². The van der Waals surface area contributed by atoms with Gasteiger partial charge in [-0.2, -0.15) is 0 Å². The van der Waals surface area contributed by atoms with Crippen molar-refractivity contribution in [1.82, 2.24) is 14.6 Å². The number of rotatable bonds is 3. The third-order valence-electron chi connectivity index (χ3n) is 3.65. The van der Waals surface area contributed by atoms with Crippen molar-refractivity contribution in [2.75, 3.05) is 5.32 Å². The number of aryl methyl sites for hydroxylation is 2. The van der Waals surface area contributed by atoms with E-state index in [1.807, 2.05) is 38.1 Å². The van der Waals surface area contributed by atoms with E-state index < -0.39 is 0 Å². The molecule has 0 aliphatic heterocycles. The average molecular weight is 422 g/mol. The maximum Gasteiger partial charge on any atom is 0.266 e. The molecule has 118 valence electrons. The van der Waals surface area contributed by atoms with Gasteiger partial charge in [0.05, 0.1) is 6.42 Å². The molecule has 6 nitrogen and oxygen atoms in total. The van der Waals surface area contributed by atoms with Gasteiger partial charge in [-0.25, -0.2) is 9.50 Å². The van der Waals surface area contributed by atoms with E-state index in [0.29, 0.717) is 5.65 Å². The molecular weight excluding hydrogens is 407 g/mol. The zero-order valence-corrected chi connectivity index (χ0v) is 14.8. The first-order valence-corrected chi connectivity index (χ1v) is 8.15. The van der Waals surface area contributed by atoms with Crippen molar-refractivity contribution in [2.45, 2.75) is 20.3 Å². The highest BCUT2D eigenvalue weighted by molar-refractivity contribution is 14.1. The molecule has 0 atom stereocenters. The molecule has 3 rings (SSSR count). The first-order valence-electron chi connectivity index (χ1n) is 7.07. The molecule has 7 heteroatoms. The molecule has 0 aliphatic rings. The first-order chi connectivity index (χ1) is 10.9. The van der Waals surface area contributed by atoms with Gasteiger partial charge in [0.2, 0.25) is 5.91 Å². The summed E-state index contributed by atoms with van der Waals surface area (Å²) >= 11 is 2.20. The molecule has 0 radical (unpaired) electrons. The summed E-state index contributed by atoms with van der Waals surface area (Å²) in [5.41, 5.74) is 3.49. The highest BCUT2D eigenvalue weighted by Crippen LogP contribution is 2.16. The summed E-state index contributed by atoms with van der Waals surface area (Å²) < 4.78 is 2.67. The second-order valence-electron chi connectivity index (χ2n) is 5.31. The molecule has 1 aromatic carbocycles. The van der Waals surface area contributed by atoms with Crippen LogP contribution in [0.4, 0.5) is 5.69 Å². The number of amides is 1. The molecule has 0 spiro atoms. The standard InChI is InChI=1S/C16H15IN4O2/c1-9-13(10(2)21-14(18-9)8-16(23)20-21)7-15(22)19-12-5-3-4-11(17)6-12/h3-6,8H,7H2,1-2H3,(H,19,22)(H,20,23). The van der Waals surface area contributed by atoms with Crippen LogP contribution < -0.4 is 10.9 Å². The van der Waals surface area contributed by atoms with Gasteiger partial charge in [-0.05, 0) is 54.6 Å². The summed E-state index contributed by atoms with van der Waals surface area (Å²) in [5, 5.41) is 5.58. The zero-order chi connectivity index (χ0) is 16.6. The minimum absolute atomic E-state index is 0.117. The van der Waals surface area contributed by atoms with E-state index in [1.54, 1.807) is 4.52 Å². The number of hydrogen-bond donors (Lipinski definition) is 2. The number of fused-ring (bicyclic) bond motifs is 1. The van der Waals surface area contributed by atoms with Gasteiger partial charge in [-0.1, -0.05) is 6.07 Å². The fraction of sp³-hybridized carbons (Fsp3) is 0.188. The Morgan fingerprint density at radius 1 is 1.35 bits per heavy atom. The van der Waals surface area contributed by atoms with Crippen molar-refractivity contribution in [3.05, 3.63) is 61.2 Å². The van der Waals surface area contributed by atoms with E-state index >= 15 is 0 Å². The quantitative estimate of drug-likeness (QED) is 0.637. The maximum absolute atomic E-state index is 12.3. The minimum Gasteiger partial charge on any atom is -0.326 e. The number of carbonyl (C=O) groups excluding carboxylic acids is 1. The predicted molar refractivity (Wildman–Crippen MR) is 96.8 cm³/mol. The van der Waals surface area contributed by atoms with Crippen molar-refractivity contribution in [2.24, 2.45) is 0 Å². The highest BCUT2D eigenvalue weighted by atomic mass is 127. The van der Waals surface area contributed by atoms with Gasteiger partial charge in [0.1, 0.15) is 0 Å². The molecule has 2 N–H and O–H groups in total. The van der Waals surface area contributed by atoms with E-state index in [1.165, 1.54) is 6.07 Å².